The fourth-order valence-electron chi connectivity index (χ4n) is 2.25. The maximum Gasteiger partial charge on any atom is 0.240 e. The highest BCUT2D eigenvalue weighted by atomic mass is 16.3. The second-order valence-electron chi connectivity index (χ2n) is 4.14. The lowest BCUT2D eigenvalue weighted by Crippen LogP contribution is -2.69. The summed E-state index contributed by atoms with van der Waals surface area (Å²) in [7, 11) is 0. The Labute approximate surface area is 77.7 Å². The molecular formula is C9H16N2O2. The summed E-state index contributed by atoms with van der Waals surface area (Å²) in [4.78, 5) is 11.7. The molecule has 0 radical (unpaired) electrons. The van der Waals surface area contributed by atoms with Crippen molar-refractivity contribution >= 4 is 5.91 Å². The Balaban J connectivity index is 2.15. The molecule has 1 saturated heterocycles. The molecule has 2 atom stereocenters. The third-order valence-corrected chi connectivity index (χ3v) is 3.15. The van der Waals surface area contributed by atoms with Gasteiger partial charge in [-0.1, -0.05) is 12.8 Å². The van der Waals surface area contributed by atoms with Crippen molar-refractivity contribution in [2.75, 3.05) is 0 Å². The van der Waals surface area contributed by atoms with Gasteiger partial charge in [-0.3, -0.25) is 10.1 Å². The zero-order valence-electron chi connectivity index (χ0n) is 7.84. The van der Waals surface area contributed by atoms with Crippen molar-refractivity contribution in [2.45, 2.75) is 50.4 Å². The van der Waals surface area contributed by atoms with Gasteiger partial charge in [0.1, 0.15) is 6.23 Å². The largest absolute Gasteiger partial charge is 0.376 e. The van der Waals surface area contributed by atoms with Crippen molar-refractivity contribution < 1.29 is 9.90 Å². The average molecular weight is 184 g/mol. The Morgan fingerprint density at radius 2 is 2.08 bits per heavy atom. The molecule has 1 aliphatic heterocycles. The van der Waals surface area contributed by atoms with Gasteiger partial charge in [0.15, 0.2) is 0 Å². The molecule has 1 saturated carbocycles. The quantitative estimate of drug-likeness (QED) is 0.485. The van der Waals surface area contributed by atoms with E-state index in [-0.39, 0.29) is 11.9 Å². The molecule has 74 valence electrons. The lowest BCUT2D eigenvalue weighted by Gasteiger charge is -2.40. The molecule has 1 spiro atoms. The van der Waals surface area contributed by atoms with E-state index in [1.807, 2.05) is 0 Å². The second kappa shape index (κ2) is 2.96. The average Bonchev–Trinajstić information content (AvgIpc) is 2.51. The van der Waals surface area contributed by atoms with Gasteiger partial charge < -0.3 is 10.4 Å². The van der Waals surface area contributed by atoms with Crippen molar-refractivity contribution in [2.24, 2.45) is 0 Å². The van der Waals surface area contributed by atoms with Gasteiger partial charge in [0.05, 0.1) is 11.6 Å². The zero-order valence-corrected chi connectivity index (χ0v) is 7.84. The van der Waals surface area contributed by atoms with Crippen LogP contribution in [0, 0.1) is 0 Å². The Hall–Kier alpha value is -0.610. The van der Waals surface area contributed by atoms with E-state index in [4.69, 9.17) is 0 Å². The summed E-state index contributed by atoms with van der Waals surface area (Å²) in [5.41, 5.74) is -0.466. The van der Waals surface area contributed by atoms with Crippen LogP contribution in [0.3, 0.4) is 0 Å². The molecule has 4 nitrogen and oxygen atoms in total. The molecule has 2 rings (SSSR count). The molecule has 0 aromatic rings. The molecule has 0 bridgehead atoms. The molecule has 0 aromatic carbocycles. The zero-order chi connectivity index (χ0) is 9.47. The van der Waals surface area contributed by atoms with Gasteiger partial charge in [-0.05, 0) is 19.8 Å². The van der Waals surface area contributed by atoms with Crippen molar-refractivity contribution in [1.29, 1.82) is 0 Å². The van der Waals surface area contributed by atoms with Crippen LogP contribution >= 0.6 is 0 Å². The van der Waals surface area contributed by atoms with Crippen LogP contribution in [-0.2, 0) is 4.79 Å². The lowest BCUT2D eigenvalue weighted by atomic mass is 9.92. The first-order valence-electron chi connectivity index (χ1n) is 4.91. The van der Waals surface area contributed by atoms with E-state index in [0.29, 0.717) is 0 Å². The van der Waals surface area contributed by atoms with E-state index in [2.05, 4.69) is 10.6 Å². The summed E-state index contributed by atoms with van der Waals surface area (Å²) in [6, 6.07) is -0.182. The van der Waals surface area contributed by atoms with Crippen LogP contribution in [0.5, 0.6) is 0 Å². The van der Waals surface area contributed by atoms with Crippen molar-refractivity contribution in [3.05, 3.63) is 0 Å². The van der Waals surface area contributed by atoms with Crippen LogP contribution in [-0.4, -0.2) is 28.8 Å². The summed E-state index contributed by atoms with van der Waals surface area (Å²) >= 11 is 0. The first kappa shape index (κ1) is 8.97. The third-order valence-electron chi connectivity index (χ3n) is 3.15. The predicted octanol–water partition coefficient (Wildman–Crippen LogP) is -0.275. The Bertz CT molecular complexity index is 224. The standard InChI is InChI=1S/C9H16N2O2/c1-6-7(12)11-9(8(13)10-6)4-2-3-5-9/h6-7,11-12H,2-5H2,1H3,(H,10,13). The SMILES string of the molecule is CC1NC(=O)C2(CCCC2)NC1O. The lowest BCUT2D eigenvalue weighted by molar-refractivity contribution is -0.135. The maximum atomic E-state index is 11.7. The molecule has 13 heavy (non-hydrogen) atoms. The molecule has 4 heteroatoms. The van der Waals surface area contributed by atoms with Crippen LogP contribution in [0.25, 0.3) is 0 Å². The number of carbonyl (C=O) groups is 1. The van der Waals surface area contributed by atoms with E-state index in [1.165, 1.54) is 0 Å². The van der Waals surface area contributed by atoms with Gasteiger partial charge in [-0.25, -0.2) is 0 Å². The van der Waals surface area contributed by atoms with Crippen LogP contribution in [0.2, 0.25) is 0 Å². The molecule has 0 aromatic heterocycles. The monoisotopic (exact) mass is 184 g/mol. The van der Waals surface area contributed by atoms with Gasteiger partial charge >= 0.3 is 0 Å². The number of hydrogen-bond donors (Lipinski definition) is 3. The molecule has 2 unspecified atom stereocenters. The normalized spacial score (nSPS) is 37.8. The molecular weight excluding hydrogens is 168 g/mol. The van der Waals surface area contributed by atoms with E-state index in [1.54, 1.807) is 6.92 Å². The fraction of sp³-hybridized carbons (Fsp3) is 0.889. The number of aliphatic hydroxyl groups excluding tert-OH is 1. The number of aliphatic hydroxyl groups is 1. The highest BCUT2D eigenvalue weighted by Gasteiger charge is 2.46. The summed E-state index contributed by atoms with van der Waals surface area (Å²) in [5.74, 6) is 0.0581. The predicted molar refractivity (Wildman–Crippen MR) is 47.9 cm³/mol. The van der Waals surface area contributed by atoms with Crippen LogP contribution in [0.15, 0.2) is 0 Å². The number of hydrogen-bond acceptors (Lipinski definition) is 3. The van der Waals surface area contributed by atoms with Gasteiger partial charge in [0, 0.05) is 0 Å². The third kappa shape index (κ3) is 1.34. The molecule has 3 N–H and O–H groups in total. The number of piperazine rings is 1. The Kier molecular flexibility index (Phi) is 2.04. The Morgan fingerprint density at radius 3 is 2.69 bits per heavy atom. The molecule has 2 aliphatic rings. The summed E-state index contributed by atoms with van der Waals surface area (Å²) in [6.45, 7) is 1.80. The minimum atomic E-state index is -0.601. The molecule has 1 amide bonds. The van der Waals surface area contributed by atoms with Crippen LogP contribution in [0.1, 0.15) is 32.6 Å². The van der Waals surface area contributed by atoms with Gasteiger partial charge in [0.2, 0.25) is 5.91 Å². The van der Waals surface area contributed by atoms with Crippen LogP contribution < -0.4 is 10.6 Å². The highest BCUT2D eigenvalue weighted by Crippen LogP contribution is 2.32. The van der Waals surface area contributed by atoms with E-state index in [9.17, 15) is 9.90 Å². The number of amides is 1. The van der Waals surface area contributed by atoms with E-state index < -0.39 is 11.8 Å². The van der Waals surface area contributed by atoms with Gasteiger partial charge in [0.25, 0.3) is 0 Å². The molecule has 2 fully saturated rings. The van der Waals surface area contributed by atoms with Crippen molar-refractivity contribution in [1.82, 2.24) is 10.6 Å². The van der Waals surface area contributed by atoms with Gasteiger partial charge in [-0.15, -0.1) is 0 Å². The topological polar surface area (TPSA) is 61.4 Å². The maximum absolute atomic E-state index is 11.7. The molecule has 1 aliphatic carbocycles. The highest BCUT2D eigenvalue weighted by molar-refractivity contribution is 5.87. The number of nitrogens with one attached hydrogen (secondary N) is 2. The smallest absolute Gasteiger partial charge is 0.240 e. The van der Waals surface area contributed by atoms with E-state index in [0.717, 1.165) is 25.7 Å². The fourth-order valence-corrected chi connectivity index (χ4v) is 2.25. The Morgan fingerprint density at radius 1 is 1.46 bits per heavy atom. The van der Waals surface area contributed by atoms with Crippen LogP contribution in [0.4, 0.5) is 0 Å². The summed E-state index contributed by atoms with van der Waals surface area (Å²) < 4.78 is 0. The number of rotatable bonds is 0. The first-order valence-corrected chi connectivity index (χ1v) is 4.91. The summed E-state index contributed by atoms with van der Waals surface area (Å²) in [6.07, 6.45) is 3.24. The minimum absolute atomic E-state index is 0.0581. The van der Waals surface area contributed by atoms with Crippen molar-refractivity contribution in [3.8, 4) is 0 Å². The molecule has 1 heterocycles. The van der Waals surface area contributed by atoms with E-state index >= 15 is 0 Å². The first-order chi connectivity index (χ1) is 6.14. The minimum Gasteiger partial charge on any atom is -0.376 e. The van der Waals surface area contributed by atoms with Gasteiger partial charge in [-0.2, -0.15) is 0 Å². The second-order valence-corrected chi connectivity index (χ2v) is 4.14. The number of carbonyl (C=O) groups excluding carboxylic acids is 1. The summed E-state index contributed by atoms with van der Waals surface area (Å²) in [5, 5.41) is 15.4. The van der Waals surface area contributed by atoms with Crippen molar-refractivity contribution in [3.63, 3.8) is 0 Å².